The zero-order valence-corrected chi connectivity index (χ0v) is 12.5. The number of pyridine rings is 1. The van der Waals surface area contributed by atoms with Crippen molar-refractivity contribution < 1.29 is 14.6 Å². The highest BCUT2D eigenvalue weighted by atomic mass is 16.5. The smallest absolute Gasteiger partial charge is 0.307 e. The fraction of sp³-hybridized carbons (Fsp3) is 0.375. The average molecular weight is 299 g/mol. The fourth-order valence-electron chi connectivity index (χ4n) is 2.77. The van der Waals surface area contributed by atoms with Crippen LogP contribution in [0, 0.1) is 19.8 Å². The highest BCUT2D eigenvalue weighted by Gasteiger charge is 2.60. The van der Waals surface area contributed by atoms with Crippen LogP contribution in [0.4, 0.5) is 0 Å². The molecule has 2 heterocycles. The second-order valence-electron chi connectivity index (χ2n) is 5.65. The summed E-state index contributed by atoms with van der Waals surface area (Å²) in [7, 11) is 0. The number of aromatic nitrogens is 3. The summed E-state index contributed by atoms with van der Waals surface area (Å²) >= 11 is 0. The van der Waals surface area contributed by atoms with Gasteiger partial charge in [-0.25, -0.2) is 9.97 Å². The van der Waals surface area contributed by atoms with Crippen LogP contribution in [0.2, 0.25) is 0 Å². The molecule has 0 radical (unpaired) electrons. The zero-order chi connectivity index (χ0) is 15.7. The summed E-state index contributed by atoms with van der Waals surface area (Å²) in [6.45, 7) is 3.94. The van der Waals surface area contributed by atoms with Crippen LogP contribution in [0.1, 0.15) is 23.5 Å². The lowest BCUT2D eigenvalue weighted by Gasteiger charge is -2.18. The highest BCUT2D eigenvalue weighted by Crippen LogP contribution is 2.54. The van der Waals surface area contributed by atoms with E-state index in [1.807, 2.05) is 26.0 Å². The minimum Gasteiger partial charge on any atom is -0.489 e. The lowest BCUT2D eigenvalue weighted by molar-refractivity contribution is -0.139. The number of carbonyl (C=O) groups is 1. The first-order chi connectivity index (χ1) is 10.5. The predicted molar refractivity (Wildman–Crippen MR) is 78.7 cm³/mol. The van der Waals surface area contributed by atoms with Crippen molar-refractivity contribution in [3.05, 3.63) is 47.8 Å². The molecule has 6 heteroatoms. The summed E-state index contributed by atoms with van der Waals surface area (Å²) in [5.41, 5.74) is 1.13. The van der Waals surface area contributed by atoms with E-state index >= 15 is 0 Å². The largest absolute Gasteiger partial charge is 0.489 e. The van der Waals surface area contributed by atoms with Crippen molar-refractivity contribution in [1.29, 1.82) is 0 Å². The molecule has 2 aromatic heterocycles. The Kier molecular flexibility index (Phi) is 3.52. The Morgan fingerprint density at radius 2 is 2.27 bits per heavy atom. The molecular formula is C16H17N3O3. The number of carboxylic acid groups (broad SMARTS) is 1. The van der Waals surface area contributed by atoms with E-state index in [9.17, 15) is 9.90 Å². The molecule has 1 saturated carbocycles. The average Bonchev–Trinajstić information content (AvgIpc) is 3.24. The lowest BCUT2D eigenvalue weighted by atomic mass is 9.95. The van der Waals surface area contributed by atoms with Crippen molar-refractivity contribution in [3.63, 3.8) is 0 Å². The Balaban J connectivity index is 1.82. The van der Waals surface area contributed by atoms with E-state index in [0.717, 1.165) is 11.3 Å². The second kappa shape index (κ2) is 5.36. The van der Waals surface area contributed by atoms with Crippen LogP contribution in [0.5, 0.6) is 5.75 Å². The van der Waals surface area contributed by atoms with Gasteiger partial charge < -0.3 is 9.84 Å². The number of rotatable bonds is 5. The van der Waals surface area contributed by atoms with Gasteiger partial charge in [-0.1, -0.05) is 6.07 Å². The summed E-state index contributed by atoms with van der Waals surface area (Å²) in [6, 6.07) is 3.71. The van der Waals surface area contributed by atoms with E-state index in [-0.39, 0.29) is 6.61 Å². The van der Waals surface area contributed by atoms with Crippen molar-refractivity contribution in [1.82, 2.24) is 15.0 Å². The van der Waals surface area contributed by atoms with E-state index < -0.39 is 17.3 Å². The van der Waals surface area contributed by atoms with Gasteiger partial charge in [0.05, 0.1) is 24.4 Å². The van der Waals surface area contributed by atoms with Crippen LogP contribution in [-0.2, 0) is 10.2 Å². The van der Waals surface area contributed by atoms with E-state index in [1.54, 1.807) is 18.6 Å². The maximum Gasteiger partial charge on any atom is 0.307 e. The predicted octanol–water partition coefficient (Wildman–Crippen LogP) is 1.91. The molecule has 2 atom stereocenters. The van der Waals surface area contributed by atoms with Crippen molar-refractivity contribution in [3.8, 4) is 5.75 Å². The highest BCUT2D eigenvalue weighted by molar-refractivity contribution is 5.77. The Morgan fingerprint density at radius 1 is 1.45 bits per heavy atom. The first-order valence-corrected chi connectivity index (χ1v) is 7.09. The van der Waals surface area contributed by atoms with Gasteiger partial charge in [0, 0.05) is 17.8 Å². The van der Waals surface area contributed by atoms with Crippen LogP contribution in [-0.4, -0.2) is 32.6 Å². The van der Waals surface area contributed by atoms with Crippen molar-refractivity contribution in [2.24, 2.45) is 5.92 Å². The van der Waals surface area contributed by atoms with Gasteiger partial charge in [-0.15, -0.1) is 0 Å². The molecule has 0 amide bonds. The van der Waals surface area contributed by atoms with E-state index in [4.69, 9.17) is 4.74 Å². The van der Waals surface area contributed by atoms with Gasteiger partial charge in [0.2, 0.25) is 0 Å². The van der Waals surface area contributed by atoms with Gasteiger partial charge in [-0.05, 0) is 31.9 Å². The molecule has 0 aromatic carbocycles. The Hall–Kier alpha value is -2.50. The normalized spacial score (nSPS) is 23.1. The van der Waals surface area contributed by atoms with Crippen molar-refractivity contribution >= 4 is 5.97 Å². The fourth-order valence-corrected chi connectivity index (χ4v) is 2.77. The number of hydrogen-bond acceptors (Lipinski definition) is 5. The maximum absolute atomic E-state index is 11.4. The van der Waals surface area contributed by atoms with Gasteiger partial charge in [-0.3, -0.25) is 9.78 Å². The third-order valence-electron chi connectivity index (χ3n) is 4.15. The molecule has 1 aliphatic carbocycles. The molecule has 0 spiro atoms. The molecule has 22 heavy (non-hydrogen) atoms. The van der Waals surface area contributed by atoms with Crippen LogP contribution >= 0.6 is 0 Å². The minimum absolute atomic E-state index is 0.281. The molecule has 1 aliphatic rings. The number of ether oxygens (including phenoxy) is 1. The number of hydrogen-bond donors (Lipinski definition) is 1. The first kappa shape index (κ1) is 14.4. The molecule has 1 fully saturated rings. The number of aliphatic carboxylic acids is 1. The van der Waals surface area contributed by atoms with E-state index in [1.165, 1.54) is 0 Å². The molecule has 1 N–H and O–H groups in total. The van der Waals surface area contributed by atoms with Gasteiger partial charge in [0.25, 0.3) is 0 Å². The van der Waals surface area contributed by atoms with Crippen molar-refractivity contribution in [2.75, 3.05) is 6.61 Å². The number of nitrogens with zero attached hydrogens (tertiary/aromatic N) is 3. The second-order valence-corrected chi connectivity index (χ2v) is 5.65. The quantitative estimate of drug-likeness (QED) is 0.907. The molecule has 2 aromatic rings. The maximum atomic E-state index is 11.4. The van der Waals surface area contributed by atoms with Crippen LogP contribution in [0.15, 0.2) is 30.7 Å². The van der Waals surface area contributed by atoms with Gasteiger partial charge in [0.15, 0.2) is 5.75 Å². The Bertz CT molecular complexity index is 705. The molecule has 6 nitrogen and oxygen atoms in total. The Labute approximate surface area is 128 Å². The molecule has 0 aliphatic heterocycles. The first-order valence-electron chi connectivity index (χ1n) is 7.09. The molecular weight excluding hydrogens is 282 g/mol. The Morgan fingerprint density at radius 3 is 2.86 bits per heavy atom. The summed E-state index contributed by atoms with van der Waals surface area (Å²) in [4.78, 5) is 23.8. The zero-order valence-electron chi connectivity index (χ0n) is 12.5. The minimum atomic E-state index is -0.802. The van der Waals surface area contributed by atoms with Crippen LogP contribution < -0.4 is 4.74 Å². The molecule has 3 rings (SSSR count). The number of aryl methyl sites for hydroxylation is 2. The van der Waals surface area contributed by atoms with Crippen LogP contribution in [0.3, 0.4) is 0 Å². The summed E-state index contributed by atoms with van der Waals surface area (Å²) in [5, 5.41) is 9.34. The monoisotopic (exact) mass is 299 g/mol. The summed E-state index contributed by atoms with van der Waals surface area (Å²) in [6.07, 6.45) is 5.57. The standard InChI is InChI=1S/C16H17N3O3/c1-10-14(8-18-11(2)19-10)22-9-16(6-13(16)15(20)21)12-4-3-5-17-7-12/h3-5,7-8,13H,6,9H2,1-2H3,(H,20,21). The van der Waals surface area contributed by atoms with E-state index in [0.29, 0.717) is 18.0 Å². The van der Waals surface area contributed by atoms with Gasteiger partial charge in [-0.2, -0.15) is 0 Å². The van der Waals surface area contributed by atoms with E-state index in [2.05, 4.69) is 15.0 Å². The number of carboxylic acids is 1. The van der Waals surface area contributed by atoms with Gasteiger partial charge in [0.1, 0.15) is 5.82 Å². The third-order valence-corrected chi connectivity index (χ3v) is 4.15. The topological polar surface area (TPSA) is 85.2 Å². The summed E-state index contributed by atoms with van der Waals surface area (Å²) in [5.74, 6) is 0.0271. The lowest BCUT2D eigenvalue weighted by Crippen LogP contribution is -2.24. The van der Waals surface area contributed by atoms with Crippen LogP contribution in [0.25, 0.3) is 0 Å². The van der Waals surface area contributed by atoms with Gasteiger partial charge >= 0.3 is 5.97 Å². The SMILES string of the molecule is Cc1ncc(OCC2(c3cccnc3)CC2C(=O)O)c(C)n1. The van der Waals surface area contributed by atoms with Crippen molar-refractivity contribution in [2.45, 2.75) is 25.7 Å². The molecule has 0 saturated heterocycles. The third kappa shape index (κ3) is 2.52. The molecule has 0 bridgehead atoms. The molecule has 2 unspecified atom stereocenters. The summed E-state index contributed by atoms with van der Waals surface area (Å²) < 4.78 is 5.84. The molecule has 114 valence electrons.